The molecule has 2 rings (SSSR count). The maximum atomic E-state index is 6.07. The lowest BCUT2D eigenvalue weighted by Crippen LogP contribution is -1.96. The van der Waals surface area contributed by atoms with Gasteiger partial charge in [0, 0.05) is 18.3 Å². The number of alkyl halides is 1. The van der Waals surface area contributed by atoms with Gasteiger partial charge >= 0.3 is 0 Å². The molecular formula is C13H15Cl2N3. The summed E-state index contributed by atoms with van der Waals surface area (Å²) in [5.41, 5.74) is 5.61. The molecular weight excluding hydrogens is 269 g/mol. The molecule has 5 heteroatoms. The summed E-state index contributed by atoms with van der Waals surface area (Å²) < 4.78 is 1.83. The van der Waals surface area contributed by atoms with Crippen LogP contribution in [0.25, 0.3) is 11.4 Å². The third-order valence-corrected chi connectivity index (χ3v) is 3.81. The van der Waals surface area contributed by atoms with Gasteiger partial charge in [-0.25, -0.2) is 4.98 Å². The second kappa shape index (κ2) is 4.90. The van der Waals surface area contributed by atoms with Gasteiger partial charge in [0.05, 0.1) is 22.3 Å². The molecule has 0 aliphatic heterocycles. The summed E-state index contributed by atoms with van der Waals surface area (Å²) in [6, 6.07) is 1.92. The van der Waals surface area contributed by atoms with Crippen LogP contribution in [0.3, 0.4) is 0 Å². The zero-order valence-corrected chi connectivity index (χ0v) is 12.4. The molecule has 2 aromatic rings. The molecule has 0 spiro atoms. The molecule has 0 amide bonds. The van der Waals surface area contributed by atoms with Crippen LogP contribution in [-0.2, 0) is 12.9 Å². The van der Waals surface area contributed by atoms with Gasteiger partial charge in [-0.2, -0.15) is 5.10 Å². The Balaban J connectivity index is 2.69. The average Bonchev–Trinajstić information content (AvgIpc) is 2.60. The molecule has 3 nitrogen and oxygen atoms in total. The predicted molar refractivity (Wildman–Crippen MR) is 75.2 cm³/mol. The molecule has 96 valence electrons. The van der Waals surface area contributed by atoms with Crippen LogP contribution in [0, 0.1) is 20.8 Å². The van der Waals surface area contributed by atoms with Crippen LogP contribution in [0.2, 0.25) is 5.02 Å². The highest BCUT2D eigenvalue weighted by Crippen LogP contribution is 2.29. The van der Waals surface area contributed by atoms with Crippen LogP contribution >= 0.6 is 23.2 Å². The van der Waals surface area contributed by atoms with E-state index in [1.165, 1.54) is 0 Å². The van der Waals surface area contributed by atoms with Crippen molar-refractivity contribution >= 4 is 23.2 Å². The van der Waals surface area contributed by atoms with Crippen molar-refractivity contribution in [2.75, 3.05) is 0 Å². The molecule has 0 saturated heterocycles. The van der Waals surface area contributed by atoms with E-state index in [1.807, 2.05) is 38.6 Å². The summed E-state index contributed by atoms with van der Waals surface area (Å²) >= 11 is 12.1. The Labute approximate surface area is 117 Å². The lowest BCUT2D eigenvalue weighted by Gasteiger charge is -2.07. The number of aryl methyl sites for hydroxylation is 3. The molecule has 0 aliphatic rings. The first kappa shape index (κ1) is 13.4. The fourth-order valence-electron chi connectivity index (χ4n) is 1.91. The molecule has 0 radical (unpaired) electrons. The summed E-state index contributed by atoms with van der Waals surface area (Å²) in [5, 5.41) is 5.19. The first-order valence-corrected chi connectivity index (χ1v) is 6.59. The monoisotopic (exact) mass is 283 g/mol. The van der Waals surface area contributed by atoms with Crippen molar-refractivity contribution in [3.63, 3.8) is 0 Å². The van der Waals surface area contributed by atoms with E-state index in [0.717, 1.165) is 33.9 Å². The quantitative estimate of drug-likeness (QED) is 0.785. The predicted octanol–water partition coefficient (Wildman–Crippen LogP) is 3.80. The molecule has 18 heavy (non-hydrogen) atoms. The summed E-state index contributed by atoms with van der Waals surface area (Å²) in [7, 11) is 1.91. The minimum Gasteiger partial charge on any atom is -0.272 e. The topological polar surface area (TPSA) is 30.7 Å². The first-order valence-electron chi connectivity index (χ1n) is 5.68. The van der Waals surface area contributed by atoms with E-state index < -0.39 is 0 Å². The van der Waals surface area contributed by atoms with E-state index in [1.54, 1.807) is 0 Å². The maximum absolute atomic E-state index is 6.07. The van der Waals surface area contributed by atoms with Gasteiger partial charge in [0.25, 0.3) is 0 Å². The zero-order valence-electron chi connectivity index (χ0n) is 10.9. The van der Waals surface area contributed by atoms with Gasteiger partial charge in [-0.1, -0.05) is 11.6 Å². The minimum atomic E-state index is 0.428. The SMILES string of the molecule is Cc1cc(Cl)c(C)nc1-c1nn(C)c(C)c1CCl. The van der Waals surface area contributed by atoms with Crippen molar-refractivity contribution < 1.29 is 0 Å². The van der Waals surface area contributed by atoms with Crippen molar-refractivity contribution in [1.82, 2.24) is 14.8 Å². The molecule has 0 aliphatic carbocycles. The summed E-state index contributed by atoms with van der Waals surface area (Å²) in [6.07, 6.45) is 0. The molecule has 2 aromatic heterocycles. The lowest BCUT2D eigenvalue weighted by atomic mass is 10.1. The third kappa shape index (κ3) is 2.13. The third-order valence-electron chi connectivity index (χ3n) is 3.16. The first-order chi connectivity index (χ1) is 8.45. The van der Waals surface area contributed by atoms with Crippen LogP contribution in [0.1, 0.15) is 22.5 Å². The van der Waals surface area contributed by atoms with Crippen molar-refractivity contribution in [3.05, 3.63) is 33.6 Å². The molecule has 0 unspecified atom stereocenters. The highest BCUT2D eigenvalue weighted by molar-refractivity contribution is 6.31. The average molecular weight is 284 g/mol. The van der Waals surface area contributed by atoms with Gasteiger partial charge in [-0.05, 0) is 32.4 Å². The van der Waals surface area contributed by atoms with E-state index >= 15 is 0 Å². The summed E-state index contributed by atoms with van der Waals surface area (Å²) in [6.45, 7) is 5.88. The highest BCUT2D eigenvalue weighted by Gasteiger charge is 2.17. The van der Waals surface area contributed by atoms with Crippen molar-refractivity contribution in [1.29, 1.82) is 0 Å². The minimum absolute atomic E-state index is 0.428. The number of pyridine rings is 1. The number of halogens is 2. The Morgan fingerprint density at radius 1 is 1.22 bits per heavy atom. The summed E-state index contributed by atoms with van der Waals surface area (Å²) in [4.78, 5) is 4.54. The van der Waals surface area contributed by atoms with Gasteiger partial charge in [0.1, 0.15) is 5.69 Å². The number of nitrogens with zero attached hydrogens (tertiary/aromatic N) is 3. The van der Waals surface area contributed by atoms with Crippen LogP contribution in [-0.4, -0.2) is 14.8 Å². The highest BCUT2D eigenvalue weighted by atomic mass is 35.5. The van der Waals surface area contributed by atoms with E-state index in [4.69, 9.17) is 23.2 Å². The van der Waals surface area contributed by atoms with Crippen LogP contribution in [0.15, 0.2) is 6.07 Å². The Kier molecular flexibility index (Phi) is 3.64. The van der Waals surface area contributed by atoms with Gasteiger partial charge in [0.15, 0.2) is 0 Å². The molecule has 2 heterocycles. The van der Waals surface area contributed by atoms with Crippen LogP contribution < -0.4 is 0 Å². The van der Waals surface area contributed by atoms with Crippen LogP contribution in [0.4, 0.5) is 0 Å². The largest absolute Gasteiger partial charge is 0.272 e. The Bertz CT molecular complexity index is 603. The smallest absolute Gasteiger partial charge is 0.116 e. The normalized spacial score (nSPS) is 11.0. The maximum Gasteiger partial charge on any atom is 0.116 e. The molecule has 0 fully saturated rings. The van der Waals surface area contributed by atoms with E-state index in [9.17, 15) is 0 Å². The zero-order chi connectivity index (χ0) is 13.4. The summed E-state index contributed by atoms with van der Waals surface area (Å²) in [5.74, 6) is 0.428. The fraction of sp³-hybridized carbons (Fsp3) is 0.385. The number of hydrogen-bond donors (Lipinski definition) is 0. The van der Waals surface area contributed by atoms with Gasteiger partial charge in [0.2, 0.25) is 0 Å². The van der Waals surface area contributed by atoms with E-state index in [2.05, 4.69) is 10.1 Å². The standard InChI is InChI=1S/C13H15Cl2N3/c1-7-5-11(15)8(2)16-12(7)13-10(6-14)9(3)18(4)17-13/h5H,6H2,1-4H3. The molecule has 0 saturated carbocycles. The van der Waals surface area contributed by atoms with Gasteiger partial charge < -0.3 is 0 Å². The Morgan fingerprint density at radius 2 is 1.89 bits per heavy atom. The van der Waals surface area contributed by atoms with Gasteiger partial charge in [-0.3, -0.25) is 4.68 Å². The van der Waals surface area contributed by atoms with E-state index in [-0.39, 0.29) is 0 Å². The molecule has 0 atom stereocenters. The molecule has 0 bridgehead atoms. The van der Waals surface area contributed by atoms with Gasteiger partial charge in [-0.15, -0.1) is 11.6 Å². The van der Waals surface area contributed by atoms with Crippen molar-refractivity contribution in [3.8, 4) is 11.4 Å². The molecule has 0 aromatic carbocycles. The van der Waals surface area contributed by atoms with Crippen molar-refractivity contribution in [2.24, 2.45) is 7.05 Å². The Hall–Kier alpha value is -1.06. The second-order valence-electron chi connectivity index (χ2n) is 4.39. The second-order valence-corrected chi connectivity index (χ2v) is 5.07. The fourth-order valence-corrected chi connectivity index (χ4v) is 2.44. The number of rotatable bonds is 2. The number of hydrogen-bond acceptors (Lipinski definition) is 2. The van der Waals surface area contributed by atoms with E-state index in [0.29, 0.717) is 10.9 Å². The van der Waals surface area contributed by atoms with Crippen LogP contribution in [0.5, 0.6) is 0 Å². The lowest BCUT2D eigenvalue weighted by molar-refractivity contribution is 0.740. The number of aromatic nitrogens is 3. The Morgan fingerprint density at radius 3 is 2.50 bits per heavy atom. The van der Waals surface area contributed by atoms with Crippen molar-refractivity contribution in [2.45, 2.75) is 26.7 Å². The molecule has 0 N–H and O–H groups in total.